The van der Waals surface area contributed by atoms with Gasteiger partial charge in [-0.1, -0.05) is 58.4 Å². The number of rotatable bonds is 4. The van der Waals surface area contributed by atoms with Gasteiger partial charge in [0.05, 0.1) is 11.5 Å². The lowest BCUT2D eigenvalue weighted by molar-refractivity contribution is 0.0682. The van der Waals surface area contributed by atoms with E-state index in [1.54, 1.807) is 17.0 Å². The van der Waals surface area contributed by atoms with E-state index in [9.17, 15) is 13.2 Å². The van der Waals surface area contributed by atoms with Crippen molar-refractivity contribution >= 4 is 42.4 Å². The largest absolute Gasteiger partial charge is 0.330 e. The quantitative estimate of drug-likeness (QED) is 0.581. The Bertz CT molecular complexity index is 1120. The molecule has 3 aromatic rings. The maximum Gasteiger partial charge on any atom is 0.254 e. The van der Waals surface area contributed by atoms with Crippen LogP contribution in [0.25, 0.3) is 10.8 Å². The van der Waals surface area contributed by atoms with Crippen molar-refractivity contribution in [2.45, 2.75) is 19.0 Å². The van der Waals surface area contributed by atoms with Gasteiger partial charge >= 0.3 is 0 Å². The molecule has 6 heteroatoms. The van der Waals surface area contributed by atoms with Crippen LogP contribution in [0.1, 0.15) is 22.3 Å². The number of fused-ring (bicyclic) bond motifs is 1. The Morgan fingerprint density at radius 1 is 1.00 bits per heavy atom. The van der Waals surface area contributed by atoms with E-state index < -0.39 is 9.84 Å². The molecule has 4 nitrogen and oxygen atoms in total. The zero-order valence-corrected chi connectivity index (χ0v) is 17.6. The first-order valence-electron chi connectivity index (χ1n) is 9.16. The molecule has 0 aromatic heterocycles. The molecule has 0 aliphatic carbocycles. The molecule has 0 saturated carbocycles. The van der Waals surface area contributed by atoms with Gasteiger partial charge in [-0.05, 0) is 47.0 Å². The summed E-state index contributed by atoms with van der Waals surface area (Å²) in [6.45, 7) is 0.385. The molecular weight excluding hydrogens is 438 g/mol. The number of hydrogen-bond acceptors (Lipinski definition) is 3. The van der Waals surface area contributed by atoms with Crippen molar-refractivity contribution in [2.75, 3.05) is 11.5 Å². The summed E-state index contributed by atoms with van der Waals surface area (Å²) < 4.78 is 25.0. The number of halogens is 1. The Balaban J connectivity index is 1.72. The van der Waals surface area contributed by atoms with Gasteiger partial charge < -0.3 is 4.90 Å². The molecule has 1 fully saturated rings. The Hall–Kier alpha value is -2.18. The highest BCUT2D eigenvalue weighted by molar-refractivity contribution is 9.10. The molecule has 144 valence electrons. The van der Waals surface area contributed by atoms with Crippen molar-refractivity contribution in [3.05, 3.63) is 82.3 Å². The van der Waals surface area contributed by atoms with E-state index in [-0.39, 0.29) is 23.5 Å². The van der Waals surface area contributed by atoms with E-state index in [0.717, 1.165) is 20.8 Å². The molecule has 1 aliphatic heterocycles. The number of hydrogen-bond donors (Lipinski definition) is 0. The first kappa shape index (κ1) is 19.2. The molecule has 28 heavy (non-hydrogen) atoms. The third kappa shape index (κ3) is 3.98. The van der Waals surface area contributed by atoms with Crippen LogP contribution in [0.3, 0.4) is 0 Å². The van der Waals surface area contributed by atoms with Crippen LogP contribution in [0.4, 0.5) is 0 Å². The van der Waals surface area contributed by atoms with E-state index >= 15 is 0 Å². The van der Waals surface area contributed by atoms with Crippen molar-refractivity contribution in [2.24, 2.45) is 0 Å². The predicted octanol–water partition coefficient (Wildman–Crippen LogP) is 4.43. The standard InChI is InChI=1S/C22H20BrNO3S/c23-19-10-8-17(9-11-19)22(25)24(20-12-13-28(26,27)15-20)14-18-6-3-5-16-4-1-2-7-21(16)18/h1-11,20H,12-15H2. The van der Waals surface area contributed by atoms with Crippen molar-refractivity contribution < 1.29 is 13.2 Å². The van der Waals surface area contributed by atoms with Crippen molar-refractivity contribution in [1.82, 2.24) is 4.90 Å². The minimum absolute atomic E-state index is 0.0278. The predicted molar refractivity (Wildman–Crippen MR) is 115 cm³/mol. The number of carbonyl (C=O) groups is 1. The highest BCUT2D eigenvalue weighted by Crippen LogP contribution is 2.26. The SMILES string of the molecule is O=C(c1ccc(Br)cc1)N(Cc1cccc2ccccc12)C1CCS(=O)(=O)C1. The lowest BCUT2D eigenvalue weighted by Gasteiger charge is -2.29. The second kappa shape index (κ2) is 7.68. The molecule has 0 spiro atoms. The van der Waals surface area contributed by atoms with Gasteiger partial charge in [0, 0.05) is 22.6 Å². The molecule has 1 atom stereocenters. The van der Waals surface area contributed by atoms with E-state index in [2.05, 4.69) is 15.9 Å². The Kier molecular flexibility index (Phi) is 5.25. The summed E-state index contributed by atoms with van der Waals surface area (Å²) in [5.41, 5.74) is 1.58. The normalized spacial score (nSPS) is 18.2. The Morgan fingerprint density at radius 2 is 1.71 bits per heavy atom. The summed E-state index contributed by atoms with van der Waals surface area (Å²) in [7, 11) is -3.10. The summed E-state index contributed by atoms with van der Waals surface area (Å²) in [5, 5.41) is 2.19. The summed E-state index contributed by atoms with van der Waals surface area (Å²) in [6, 6.07) is 21.0. The van der Waals surface area contributed by atoms with Gasteiger partial charge in [-0.25, -0.2) is 8.42 Å². The maximum absolute atomic E-state index is 13.3. The van der Waals surface area contributed by atoms with Crippen molar-refractivity contribution in [3.63, 3.8) is 0 Å². The van der Waals surface area contributed by atoms with Gasteiger partial charge in [0.15, 0.2) is 9.84 Å². The molecule has 0 N–H and O–H groups in total. The minimum atomic E-state index is -3.10. The van der Waals surface area contributed by atoms with E-state index in [1.165, 1.54) is 0 Å². The molecule has 0 bridgehead atoms. The average Bonchev–Trinajstić information content (AvgIpc) is 3.05. The molecule has 1 unspecified atom stereocenters. The van der Waals surface area contributed by atoms with Crippen LogP contribution in [0, 0.1) is 0 Å². The van der Waals surface area contributed by atoms with Crippen LogP contribution in [0.5, 0.6) is 0 Å². The van der Waals surface area contributed by atoms with Crippen LogP contribution < -0.4 is 0 Å². The fourth-order valence-electron chi connectivity index (χ4n) is 3.76. The van der Waals surface area contributed by atoms with Crippen LogP contribution in [-0.2, 0) is 16.4 Å². The zero-order chi connectivity index (χ0) is 19.7. The highest BCUT2D eigenvalue weighted by Gasteiger charge is 2.35. The summed E-state index contributed by atoms with van der Waals surface area (Å²) in [5.74, 6) is 0.0275. The minimum Gasteiger partial charge on any atom is -0.330 e. The van der Waals surface area contributed by atoms with E-state index in [0.29, 0.717) is 18.5 Å². The molecule has 1 heterocycles. The van der Waals surface area contributed by atoms with Crippen LogP contribution in [0.2, 0.25) is 0 Å². The number of nitrogens with zero attached hydrogens (tertiary/aromatic N) is 1. The van der Waals surface area contributed by atoms with Gasteiger partial charge in [-0.3, -0.25) is 4.79 Å². The fourth-order valence-corrected chi connectivity index (χ4v) is 5.76. The number of benzene rings is 3. The molecule has 1 saturated heterocycles. The van der Waals surface area contributed by atoms with Crippen molar-refractivity contribution in [1.29, 1.82) is 0 Å². The van der Waals surface area contributed by atoms with Crippen LogP contribution >= 0.6 is 15.9 Å². The van der Waals surface area contributed by atoms with Crippen LogP contribution in [0.15, 0.2) is 71.2 Å². The molecule has 4 rings (SSSR count). The van der Waals surface area contributed by atoms with E-state index in [1.807, 2.05) is 54.6 Å². The number of carbonyl (C=O) groups excluding carboxylic acids is 1. The van der Waals surface area contributed by atoms with Gasteiger partial charge in [0.1, 0.15) is 0 Å². The summed E-state index contributed by atoms with van der Waals surface area (Å²) in [4.78, 5) is 15.0. The molecular formula is C22H20BrNO3S. The van der Waals surface area contributed by atoms with Gasteiger partial charge in [0.2, 0.25) is 0 Å². The van der Waals surface area contributed by atoms with Crippen molar-refractivity contribution in [3.8, 4) is 0 Å². The second-order valence-electron chi connectivity index (χ2n) is 7.14. The monoisotopic (exact) mass is 457 g/mol. The third-order valence-electron chi connectivity index (χ3n) is 5.22. The topological polar surface area (TPSA) is 54.5 Å². The lowest BCUT2D eigenvalue weighted by atomic mass is 10.0. The average molecular weight is 458 g/mol. The Labute approximate surface area is 173 Å². The highest BCUT2D eigenvalue weighted by atomic mass is 79.9. The zero-order valence-electron chi connectivity index (χ0n) is 15.2. The summed E-state index contributed by atoms with van der Waals surface area (Å²) >= 11 is 3.39. The van der Waals surface area contributed by atoms with Gasteiger partial charge in [0.25, 0.3) is 5.91 Å². The summed E-state index contributed by atoms with van der Waals surface area (Å²) in [6.07, 6.45) is 0.482. The Morgan fingerprint density at radius 3 is 2.43 bits per heavy atom. The van der Waals surface area contributed by atoms with Gasteiger partial charge in [-0.2, -0.15) is 0 Å². The lowest BCUT2D eigenvalue weighted by Crippen LogP contribution is -2.40. The first-order valence-corrected chi connectivity index (χ1v) is 11.8. The molecule has 0 radical (unpaired) electrons. The van der Waals surface area contributed by atoms with E-state index in [4.69, 9.17) is 0 Å². The first-order chi connectivity index (χ1) is 13.4. The molecule has 3 aromatic carbocycles. The fraction of sp³-hybridized carbons (Fsp3) is 0.227. The number of amides is 1. The third-order valence-corrected chi connectivity index (χ3v) is 7.50. The molecule has 1 amide bonds. The smallest absolute Gasteiger partial charge is 0.254 e. The maximum atomic E-state index is 13.3. The van der Waals surface area contributed by atoms with Gasteiger partial charge in [-0.15, -0.1) is 0 Å². The van der Waals surface area contributed by atoms with Crippen LogP contribution in [-0.4, -0.2) is 36.8 Å². The second-order valence-corrected chi connectivity index (χ2v) is 10.3. The molecule has 1 aliphatic rings. The number of sulfone groups is 1.